The molecule has 0 bridgehead atoms. The molecule has 0 unspecified atom stereocenters. The molecular formula is C42H34N2O9. The minimum atomic E-state index is -1.55. The molecule has 2 fully saturated rings. The van der Waals surface area contributed by atoms with Crippen molar-refractivity contribution in [2.75, 3.05) is 19.1 Å². The minimum absolute atomic E-state index is 0.0671. The first-order valence-electron chi connectivity index (χ1n) is 17.3. The standard InChI is InChI=1S/C42H34N2O9/c1-52-33-19-27(45)20-34(53-2)37(33)38-28-16-17-29-36(41(49)43(40(29)48)25-14-9-15-26(18-25)44(50)51)31(28)21-32-39(47)30(23-10-5-3-6-11-23)22-35(46)42(32,38)24-12-7-4-8-13-24/h3-16,18-20,22,29,31-32,36,38,45H,17,21H2,1-2H3/t29-,31+,32-,36-,38+,42-/m0/s1. The number of phenolic OH excluding ortho intramolecular Hbond substituents is 1. The number of nitro groups is 1. The van der Waals surface area contributed by atoms with Gasteiger partial charge in [0.1, 0.15) is 17.2 Å². The van der Waals surface area contributed by atoms with Gasteiger partial charge in [0, 0.05) is 47.2 Å². The Kier molecular flexibility index (Phi) is 8.09. The number of anilines is 1. The van der Waals surface area contributed by atoms with Gasteiger partial charge in [0.15, 0.2) is 11.6 Å². The van der Waals surface area contributed by atoms with Gasteiger partial charge in [-0.25, -0.2) is 4.90 Å². The molecule has 6 atom stereocenters. The molecule has 4 aromatic rings. The normalized spacial score (nSPS) is 26.2. The molecule has 1 heterocycles. The van der Waals surface area contributed by atoms with Crippen LogP contribution in [-0.4, -0.2) is 47.6 Å². The molecule has 11 nitrogen and oxygen atoms in total. The van der Waals surface area contributed by atoms with E-state index in [1.165, 1.54) is 56.7 Å². The van der Waals surface area contributed by atoms with Crippen molar-refractivity contribution in [3.63, 3.8) is 0 Å². The maximum absolute atomic E-state index is 15.3. The van der Waals surface area contributed by atoms with E-state index in [-0.39, 0.29) is 58.6 Å². The zero-order valence-electron chi connectivity index (χ0n) is 28.8. The number of carbonyl (C=O) groups excluding carboxylic acids is 4. The molecule has 266 valence electrons. The number of amides is 2. The van der Waals surface area contributed by atoms with E-state index >= 15 is 9.59 Å². The van der Waals surface area contributed by atoms with Gasteiger partial charge < -0.3 is 14.6 Å². The summed E-state index contributed by atoms with van der Waals surface area (Å²) in [6.07, 6.45) is 3.54. The highest BCUT2D eigenvalue weighted by molar-refractivity contribution is 6.32. The van der Waals surface area contributed by atoms with Crippen LogP contribution < -0.4 is 14.4 Å². The molecule has 4 aromatic carbocycles. The summed E-state index contributed by atoms with van der Waals surface area (Å²) in [5.74, 6) is -5.70. The fraction of sp³-hybridized carbons (Fsp3) is 0.238. The molecule has 0 radical (unpaired) electrons. The Morgan fingerprint density at radius 3 is 2.13 bits per heavy atom. The average molecular weight is 711 g/mol. The highest BCUT2D eigenvalue weighted by Gasteiger charge is 2.66. The van der Waals surface area contributed by atoms with Crippen LogP contribution in [0.3, 0.4) is 0 Å². The lowest BCUT2D eigenvalue weighted by Crippen LogP contribution is -2.59. The first-order chi connectivity index (χ1) is 25.6. The number of ether oxygens (including phenoxy) is 2. The highest BCUT2D eigenvalue weighted by atomic mass is 16.6. The summed E-state index contributed by atoms with van der Waals surface area (Å²) in [7, 11) is 2.88. The van der Waals surface area contributed by atoms with Crippen LogP contribution in [-0.2, 0) is 24.6 Å². The number of rotatable bonds is 7. The molecule has 1 saturated carbocycles. The number of benzene rings is 4. The number of nitrogens with zero attached hydrogens (tertiary/aromatic N) is 2. The van der Waals surface area contributed by atoms with Crippen molar-refractivity contribution in [2.24, 2.45) is 23.7 Å². The van der Waals surface area contributed by atoms with E-state index in [4.69, 9.17) is 9.47 Å². The summed E-state index contributed by atoms with van der Waals surface area (Å²) in [5, 5.41) is 22.4. The second-order valence-electron chi connectivity index (χ2n) is 13.8. The van der Waals surface area contributed by atoms with Gasteiger partial charge in [-0.1, -0.05) is 78.4 Å². The number of carbonyl (C=O) groups is 4. The van der Waals surface area contributed by atoms with Crippen LogP contribution in [0.5, 0.6) is 17.2 Å². The lowest BCUT2D eigenvalue weighted by molar-refractivity contribution is -0.384. The number of hydrogen-bond donors (Lipinski definition) is 1. The van der Waals surface area contributed by atoms with Gasteiger partial charge in [0.25, 0.3) is 5.69 Å². The van der Waals surface area contributed by atoms with Gasteiger partial charge in [-0.3, -0.25) is 29.3 Å². The van der Waals surface area contributed by atoms with Gasteiger partial charge in [-0.15, -0.1) is 0 Å². The zero-order valence-corrected chi connectivity index (χ0v) is 28.8. The summed E-state index contributed by atoms with van der Waals surface area (Å²) >= 11 is 0. The number of aromatic hydroxyl groups is 1. The molecular weight excluding hydrogens is 676 g/mol. The summed E-state index contributed by atoms with van der Waals surface area (Å²) in [6, 6.07) is 26.3. The van der Waals surface area contributed by atoms with Gasteiger partial charge in [0.05, 0.1) is 42.1 Å². The second-order valence-corrected chi connectivity index (χ2v) is 13.8. The lowest BCUT2D eigenvalue weighted by Gasteiger charge is -2.55. The van der Waals surface area contributed by atoms with E-state index in [1.807, 2.05) is 42.5 Å². The average Bonchev–Trinajstić information content (AvgIpc) is 3.44. The molecule has 1 aliphatic heterocycles. The number of non-ortho nitro benzene ring substituents is 1. The fourth-order valence-electron chi connectivity index (χ4n) is 9.40. The van der Waals surface area contributed by atoms with Gasteiger partial charge in [0.2, 0.25) is 11.8 Å². The smallest absolute Gasteiger partial charge is 0.271 e. The third kappa shape index (κ3) is 4.94. The zero-order chi connectivity index (χ0) is 37.2. The van der Waals surface area contributed by atoms with Crippen molar-refractivity contribution < 1.29 is 38.7 Å². The fourth-order valence-corrected chi connectivity index (χ4v) is 9.40. The second kappa shape index (κ2) is 12.7. The third-order valence-corrected chi connectivity index (χ3v) is 11.5. The van der Waals surface area contributed by atoms with Crippen LogP contribution >= 0.6 is 0 Å². The number of methoxy groups -OCH3 is 2. The predicted molar refractivity (Wildman–Crippen MR) is 193 cm³/mol. The number of phenols is 1. The van der Waals surface area contributed by atoms with Gasteiger partial charge in [-0.2, -0.15) is 0 Å². The first kappa shape index (κ1) is 33.8. The van der Waals surface area contributed by atoms with Crippen molar-refractivity contribution in [1.82, 2.24) is 0 Å². The van der Waals surface area contributed by atoms with Crippen molar-refractivity contribution >= 4 is 40.3 Å². The quantitative estimate of drug-likeness (QED) is 0.100. The Hall–Kier alpha value is -6.36. The number of imide groups is 1. The first-order valence-corrected chi connectivity index (χ1v) is 17.3. The van der Waals surface area contributed by atoms with Crippen molar-refractivity contribution in [2.45, 2.75) is 24.2 Å². The summed E-state index contributed by atoms with van der Waals surface area (Å²) in [4.78, 5) is 71.3. The van der Waals surface area contributed by atoms with Gasteiger partial charge in [-0.05, 0) is 42.0 Å². The molecule has 53 heavy (non-hydrogen) atoms. The van der Waals surface area contributed by atoms with E-state index in [0.717, 1.165) is 4.90 Å². The largest absolute Gasteiger partial charge is 0.508 e. The van der Waals surface area contributed by atoms with Crippen LogP contribution in [0.2, 0.25) is 0 Å². The van der Waals surface area contributed by atoms with Crippen LogP contribution in [0.4, 0.5) is 11.4 Å². The van der Waals surface area contributed by atoms with Crippen LogP contribution in [0.25, 0.3) is 5.57 Å². The number of allylic oxidation sites excluding steroid dienone is 4. The topological polar surface area (TPSA) is 153 Å². The number of Topliss-reactive ketones (excluding diaryl/α,β-unsaturated/α-hetero) is 1. The number of fused-ring (bicyclic) bond motifs is 4. The highest BCUT2D eigenvalue weighted by Crippen LogP contribution is 2.65. The predicted octanol–water partition coefficient (Wildman–Crippen LogP) is 6.35. The molecule has 8 rings (SSSR count). The third-order valence-electron chi connectivity index (χ3n) is 11.5. The Bertz CT molecular complexity index is 2260. The number of hydrogen-bond acceptors (Lipinski definition) is 9. The van der Waals surface area contributed by atoms with E-state index in [0.29, 0.717) is 22.3 Å². The Morgan fingerprint density at radius 1 is 0.830 bits per heavy atom. The summed E-state index contributed by atoms with van der Waals surface area (Å²) in [5.41, 5.74) is 0.792. The molecule has 4 aliphatic rings. The van der Waals surface area contributed by atoms with E-state index in [9.17, 15) is 24.8 Å². The lowest BCUT2D eigenvalue weighted by atomic mass is 9.44. The molecule has 0 aromatic heterocycles. The maximum atomic E-state index is 15.3. The van der Waals surface area contributed by atoms with E-state index < -0.39 is 51.7 Å². The molecule has 0 spiro atoms. The Labute approximate surface area is 304 Å². The maximum Gasteiger partial charge on any atom is 0.271 e. The number of ketones is 2. The van der Waals surface area contributed by atoms with Crippen molar-refractivity contribution in [3.8, 4) is 17.2 Å². The van der Waals surface area contributed by atoms with E-state index in [1.54, 1.807) is 24.3 Å². The van der Waals surface area contributed by atoms with Crippen molar-refractivity contribution in [3.05, 3.63) is 142 Å². The summed E-state index contributed by atoms with van der Waals surface area (Å²) < 4.78 is 11.8. The van der Waals surface area contributed by atoms with Crippen molar-refractivity contribution in [1.29, 1.82) is 0 Å². The Morgan fingerprint density at radius 2 is 1.49 bits per heavy atom. The van der Waals surface area contributed by atoms with Crippen LogP contribution in [0.15, 0.2) is 115 Å². The molecule has 2 amide bonds. The van der Waals surface area contributed by atoms with Gasteiger partial charge >= 0.3 is 0 Å². The monoisotopic (exact) mass is 710 g/mol. The van der Waals surface area contributed by atoms with Crippen LogP contribution in [0.1, 0.15) is 35.4 Å². The molecule has 3 aliphatic carbocycles. The van der Waals surface area contributed by atoms with E-state index in [2.05, 4.69) is 0 Å². The number of nitro benzene ring substituents is 1. The molecule has 1 N–H and O–H groups in total. The minimum Gasteiger partial charge on any atom is -0.508 e. The molecule has 1 saturated heterocycles. The van der Waals surface area contributed by atoms with Crippen LogP contribution in [0, 0.1) is 33.8 Å². The molecule has 11 heteroatoms. The SMILES string of the molecule is COc1cc(O)cc(OC)c1[C@H]1C2=CC[C@@H]3C(=O)N(c4cccc([N+](=O)[O-])c4)C(=O)[C@@H]3[C@@H]2C[C@H]2C(=O)C(c3ccccc3)=CC(=O)[C@@]12c1ccccc1. The Balaban J connectivity index is 1.39. The summed E-state index contributed by atoms with van der Waals surface area (Å²) in [6.45, 7) is 0.